The number of rotatable bonds is 6. The Morgan fingerprint density at radius 2 is 1.88 bits per heavy atom. The second-order valence-corrected chi connectivity index (χ2v) is 3.62. The first kappa shape index (κ1) is 12.4. The molecule has 0 aliphatic rings. The summed E-state index contributed by atoms with van der Waals surface area (Å²) in [7, 11) is 0. The van der Waals surface area contributed by atoms with E-state index < -0.39 is 5.91 Å². The third-order valence-corrected chi connectivity index (χ3v) is 2.30. The van der Waals surface area contributed by atoms with E-state index in [1.54, 1.807) is 6.92 Å². The maximum atomic E-state index is 11.3. The zero-order valence-electron chi connectivity index (χ0n) is 9.53. The predicted octanol–water partition coefficient (Wildman–Crippen LogP) is 1.71. The molecule has 1 rings (SSSR count). The van der Waals surface area contributed by atoms with Gasteiger partial charge in [0.2, 0.25) is 5.78 Å². The van der Waals surface area contributed by atoms with Crippen molar-refractivity contribution in [3.63, 3.8) is 0 Å². The van der Waals surface area contributed by atoms with Crippen LogP contribution in [0.4, 0.5) is 0 Å². The Morgan fingerprint density at radius 1 is 1.19 bits per heavy atom. The fourth-order valence-corrected chi connectivity index (χ4v) is 1.47. The molecule has 86 valence electrons. The summed E-state index contributed by atoms with van der Waals surface area (Å²) in [6, 6.07) is 9.96. The first-order chi connectivity index (χ1) is 7.74. The number of Topliss-reactive ketones (excluding diaryl/α,β-unsaturated/α-hetero) is 1. The van der Waals surface area contributed by atoms with Gasteiger partial charge in [0, 0.05) is 13.0 Å². The molecule has 0 atom stereocenters. The molecule has 1 amide bonds. The van der Waals surface area contributed by atoms with Crippen molar-refractivity contribution in [3.05, 3.63) is 35.9 Å². The highest BCUT2D eigenvalue weighted by atomic mass is 16.2. The summed E-state index contributed by atoms with van der Waals surface area (Å²) in [6.07, 6.45) is 1.88. The van der Waals surface area contributed by atoms with Gasteiger partial charge in [-0.15, -0.1) is 0 Å². The highest BCUT2D eigenvalue weighted by molar-refractivity contribution is 6.36. The van der Waals surface area contributed by atoms with Crippen LogP contribution in [0.1, 0.15) is 25.3 Å². The smallest absolute Gasteiger partial charge is 0.287 e. The van der Waals surface area contributed by atoms with Crippen LogP contribution in [0, 0.1) is 0 Å². The average Bonchev–Trinajstić information content (AvgIpc) is 2.30. The van der Waals surface area contributed by atoms with Gasteiger partial charge in [-0.25, -0.2) is 0 Å². The van der Waals surface area contributed by atoms with Crippen molar-refractivity contribution in [2.24, 2.45) is 0 Å². The summed E-state index contributed by atoms with van der Waals surface area (Å²) in [5.74, 6) is -0.784. The summed E-state index contributed by atoms with van der Waals surface area (Å²) >= 11 is 0. The Kier molecular flexibility index (Phi) is 5.26. The van der Waals surface area contributed by atoms with Gasteiger partial charge < -0.3 is 5.32 Å². The van der Waals surface area contributed by atoms with E-state index in [1.807, 2.05) is 30.3 Å². The van der Waals surface area contributed by atoms with Gasteiger partial charge >= 0.3 is 0 Å². The highest BCUT2D eigenvalue weighted by Crippen LogP contribution is 2.04. The largest absolute Gasteiger partial charge is 0.350 e. The monoisotopic (exact) mass is 219 g/mol. The molecule has 1 N–H and O–H groups in total. The van der Waals surface area contributed by atoms with E-state index >= 15 is 0 Å². The first-order valence-corrected chi connectivity index (χ1v) is 5.59. The molecule has 0 aliphatic heterocycles. The third kappa shape index (κ3) is 4.26. The van der Waals surface area contributed by atoms with E-state index in [0.717, 1.165) is 12.8 Å². The lowest BCUT2D eigenvalue weighted by Crippen LogP contribution is -2.30. The molecule has 0 aliphatic carbocycles. The summed E-state index contributed by atoms with van der Waals surface area (Å²) < 4.78 is 0. The van der Waals surface area contributed by atoms with Crippen LogP contribution in [-0.2, 0) is 16.0 Å². The number of hydrogen-bond donors (Lipinski definition) is 1. The van der Waals surface area contributed by atoms with Crippen LogP contribution in [-0.4, -0.2) is 18.2 Å². The molecular weight excluding hydrogens is 202 g/mol. The fraction of sp³-hybridized carbons (Fsp3) is 0.385. The van der Waals surface area contributed by atoms with E-state index in [0.29, 0.717) is 13.0 Å². The lowest BCUT2D eigenvalue weighted by molar-refractivity contribution is -0.137. The second-order valence-electron chi connectivity index (χ2n) is 3.62. The Morgan fingerprint density at radius 3 is 2.50 bits per heavy atom. The van der Waals surface area contributed by atoms with E-state index in [-0.39, 0.29) is 5.78 Å². The topological polar surface area (TPSA) is 46.2 Å². The zero-order valence-corrected chi connectivity index (χ0v) is 9.53. The van der Waals surface area contributed by atoms with Gasteiger partial charge in [-0.2, -0.15) is 0 Å². The minimum absolute atomic E-state index is 0.320. The number of carbonyl (C=O) groups is 2. The molecule has 0 aromatic heterocycles. The molecule has 3 heteroatoms. The normalized spacial score (nSPS) is 9.81. The minimum Gasteiger partial charge on any atom is -0.350 e. The van der Waals surface area contributed by atoms with Crippen molar-refractivity contribution in [1.82, 2.24) is 5.32 Å². The number of carbonyl (C=O) groups excluding carboxylic acids is 2. The lowest BCUT2D eigenvalue weighted by atomic mass is 10.1. The molecule has 0 unspecified atom stereocenters. The van der Waals surface area contributed by atoms with Gasteiger partial charge in [-0.3, -0.25) is 9.59 Å². The van der Waals surface area contributed by atoms with E-state index in [4.69, 9.17) is 0 Å². The Labute approximate surface area is 95.9 Å². The minimum atomic E-state index is -0.462. The Balaban J connectivity index is 2.26. The van der Waals surface area contributed by atoms with Crippen molar-refractivity contribution in [1.29, 1.82) is 0 Å². The van der Waals surface area contributed by atoms with Crippen molar-refractivity contribution >= 4 is 11.7 Å². The third-order valence-electron chi connectivity index (χ3n) is 2.30. The number of likely N-dealkylation sites (N-methyl/N-ethyl adjacent to an activating group) is 1. The van der Waals surface area contributed by atoms with E-state index in [9.17, 15) is 9.59 Å². The maximum absolute atomic E-state index is 11.3. The van der Waals surface area contributed by atoms with Crippen molar-refractivity contribution < 1.29 is 9.59 Å². The van der Waals surface area contributed by atoms with Crippen LogP contribution >= 0.6 is 0 Å². The summed E-state index contributed by atoms with van der Waals surface area (Å²) in [5, 5.41) is 2.51. The molecule has 0 saturated carbocycles. The zero-order chi connectivity index (χ0) is 11.8. The lowest BCUT2D eigenvalue weighted by Gasteiger charge is -2.01. The molecule has 1 aromatic carbocycles. The summed E-state index contributed by atoms with van der Waals surface area (Å²) in [5.41, 5.74) is 1.20. The summed E-state index contributed by atoms with van der Waals surface area (Å²) in [4.78, 5) is 22.4. The van der Waals surface area contributed by atoms with E-state index in [2.05, 4.69) is 5.32 Å². The quantitative estimate of drug-likeness (QED) is 0.740. The van der Waals surface area contributed by atoms with Gasteiger partial charge in [0.05, 0.1) is 0 Å². The van der Waals surface area contributed by atoms with Crippen molar-refractivity contribution in [3.8, 4) is 0 Å². The Hall–Kier alpha value is -1.64. The molecular formula is C13H17NO2. The number of ketones is 1. The maximum Gasteiger partial charge on any atom is 0.287 e. The first-order valence-electron chi connectivity index (χ1n) is 5.59. The molecule has 0 spiro atoms. The van der Waals surface area contributed by atoms with Crippen LogP contribution < -0.4 is 5.32 Å². The van der Waals surface area contributed by atoms with Crippen LogP contribution in [0.15, 0.2) is 30.3 Å². The average molecular weight is 219 g/mol. The van der Waals surface area contributed by atoms with Gasteiger partial charge in [-0.05, 0) is 25.3 Å². The number of hydrogen-bond acceptors (Lipinski definition) is 2. The molecule has 1 aromatic rings. The number of amides is 1. The number of aryl methyl sites for hydroxylation is 1. The van der Waals surface area contributed by atoms with Crippen molar-refractivity contribution in [2.75, 3.05) is 6.54 Å². The second kappa shape index (κ2) is 6.77. The van der Waals surface area contributed by atoms with Crippen LogP contribution in [0.25, 0.3) is 0 Å². The standard InChI is InChI=1S/C13H17NO2/c1-2-14-13(16)12(15)10-6-9-11-7-4-3-5-8-11/h3-5,7-8H,2,6,9-10H2,1H3,(H,14,16). The van der Waals surface area contributed by atoms with Gasteiger partial charge in [-0.1, -0.05) is 30.3 Å². The molecule has 16 heavy (non-hydrogen) atoms. The van der Waals surface area contributed by atoms with Crippen LogP contribution in [0.5, 0.6) is 0 Å². The highest BCUT2D eigenvalue weighted by Gasteiger charge is 2.11. The molecule has 0 radical (unpaired) electrons. The Bertz CT molecular complexity index is 346. The van der Waals surface area contributed by atoms with Gasteiger partial charge in [0.25, 0.3) is 5.91 Å². The molecule has 0 bridgehead atoms. The van der Waals surface area contributed by atoms with Crippen molar-refractivity contribution in [2.45, 2.75) is 26.2 Å². The molecule has 3 nitrogen and oxygen atoms in total. The number of benzene rings is 1. The van der Waals surface area contributed by atoms with Gasteiger partial charge in [0.15, 0.2) is 0 Å². The van der Waals surface area contributed by atoms with Crippen LogP contribution in [0.2, 0.25) is 0 Å². The fourth-order valence-electron chi connectivity index (χ4n) is 1.47. The predicted molar refractivity (Wildman–Crippen MR) is 63.1 cm³/mol. The van der Waals surface area contributed by atoms with E-state index in [1.165, 1.54) is 5.56 Å². The molecule has 0 fully saturated rings. The summed E-state index contributed by atoms with van der Waals surface area (Å²) in [6.45, 7) is 2.30. The SMILES string of the molecule is CCNC(=O)C(=O)CCCc1ccccc1. The molecule has 0 saturated heterocycles. The van der Waals surface area contributed by atoms with Crippen LogP contribution in [0.3, 0.4) is 0 Å². The van der Waals surface area contributed by atoms with Gasteiger partial charge in [0.1, 0.15) is 0 Å². The number of nitrogens with one attached hydrogen (secondary N) is 1. The molecule has 0 heterocycles.